The number of ether oxygens (including phenoxy) is 1. The van der Waals surface area contributed by atoms with Crippen LogP contribution in [-0.4, -0.2) is 18.2 Å². The van der Waals surface area contributed by atoms with Crippen molar-refractivity contribution in [3.63, 3.8) is 0 Å². The fraction of sp³-hybridized carbons (Fsp3) is 0.333. The van der Waals surface area contributed by atoms with E-state index >= 15 is 0 Å². The summed E-state index contributed by atoms with van der Waals surface area (Å²) in [5.74, 6) is 0.945. The smallest absolute Gasteiger partial charge is 0.119 e. The number of hydrogen-bond donors (Lipinski definition) is 1. The van der Waals surface area contributed by atoms with Gasteiger partial charge in [-0.25, -0.2) is 0 Å². The van der Waals surface area contributed by atoms with Gasteiger partial charge >= 0.3 is 0 Å². The Labute approximate surface area is 108 Å². The molecule has 0 aliphatic carbocycles. The Balaban J connectivity index is 1.73. The minimum absolute atomic E-state index is 0.751. The van der Waals surface area contributed by atoms with Crippen LogP contribution >= 0.6 is 0 Å². The predicted molar refractivity (Wildman–Crippen MR) is 73.7 cm³/mol. The summed E-state index contributed by atoms with van der Waals surface area (Å²) in [4.78, 5) is 0. The van der Waals surface area contributed by atoms with Gasteiger partial charge in [-0.05, 0) is 37.7 Å². The average molecular weight is 244 g/mol. The third-order valence-electron chi connectivity index (χ3n) is 2.84. The van der Waals surface area contributed by atoms with Crippen LogP contribution in [0.4, 0.5) is 0 Å². The second-order valence-electron chi connectivity index (χ2n) is 4.24. The van der Waals surface area contributed by atoms with Crippen LogP contribution in [0, 0.1) is 0 Å². The number of rotatable bonds is 7. The molecule has 0 aliphatic rings. The molecule has 0 saturated carbocycles. The maximum atomic E-state index is 5.68. The monoisotopic (exact) mass is 244 g/mol. The van der Waals surface area contributed by atoms with Crippen molar-refractivity contribution in [1.82, 2.24) is 9.88 Å². The molecule has 0 amide bonds. The van der Waals surface area contributed by atoms with Crippen LogP contribution in [0.25, 0.3) is 0 Å². The summed E-state index contributed by atoms with van der Waals surface area (Å²) in [6, 6.07) is 14.2. The summed E-state index contributed by atoms with van der Waals surface area (Å²) < 4.78 is 7.94. The molecule has 0 aliphatic heterocycles. The topological polar surface area (TPSA) is 26.2 Å². The summed E-state index contributed by atoms with van der Waals surface area (Å²) in [5, 5.41) is 3.17. The Morgan fingerprint density at radius 2 is 1.94 bits per heavy atom. The number of nitrogens with zero attached hydrogens (tertiary/aromatic N) is 1. The third kappa shape index (κ3) is 3.64. The molecule has 2 aromatic rings. The zero-order valence-corrected chi connectivity index (χ0v) is 10.8. The quantitative estimate of drug-likeness (QED) is 0.758. The maximum Gasteiger partial charge on any atom is 0.119 e. The molecular formula is C15H20N2O. The van der Waals surface area contributed by atoms with E-state index in [2.05, 4.69) is 28.2 Å². The molecule has 0 fully saturated rings. The molecule has 0 saturated heterocycles. The fourth-order valence-corrected chi connectivity index (χ4v) is 1.95. The molecule has 0 unspecified atom stereocenters. The lowest BCUT2D eigenvalue weighted by atomic mass is 10.3. The number of hydrogen-bond acceptors (Lipinski definition) is 2. The van der Waals surface area contributed by atoms with Gasteiger partial charge in [-0.1, -0.05) is 18.2 Å². The normalized spacial score (nSPS) is 10.5. The van der Waals surface area contributed by atoms with E-state index in [0.717, 1.165) is 31.9 Å². The highest BCUT2D eigenvalue weighted by atomic mass is 16.5. The molecule has 1 aromatic heterocycles. The van der Waals surface area contributed by atoms with Crippen LogP contribution < -0.4 is 10.1 Å². The first-order valence-electron chi connectivity index (χ1n) is 6.36. The van der Waals surface area contributed by atoms with E-state index in [1.807, 2.05) is 37.4 Å². The highest BCUT2D eigenvalue weighted by molar-refractivity contribution is 5.20. The lowest BCUT2D eigenvalue weighted by molar-refractivity contribution is 0.301. The van der Waals surface area contributed by atoms with Crippen LogP contribution in [0.2, 0.25) is 0 Å². The molecule has 1 N–H and O–H groups in total. The fourth-order valence-electron chi connectivity index (χ4n) is 1.95. The summed E-state index contributed by atoms with van der Waals surface area (Å²) >= 11 is 0. The molecule has 18 heavy (non-hydrogen) atoms. The van der Waals surface area contributed by atoms with E-state index in [1.165, 1.54) is 5.69 Å². The Hall–Kier alpha value is -1.74. The van der Waals surface area contributed by atoms with Crippen LogP contribution in [0.5, 0.6) is 5.75 Å². The summed E-state index contributed by atoms with van der Waals surface area (Å²) in [6.07, 6.45) is 3.13. The molecule has 1 aromatic carbocycles. The number of benzene rings is 1. The molecule has 3 nitrogen and oxygen atoms in total. The largest absolute Gasteiger partial charge is 0.494 e. The van der Waals surface area contributed by atoms with E-state index in [4.69, 9.17) is 4.74 Å². The molecule has 0 bridgehead atoms. The van der Waals surface area contributed by atoms with Crippen molar-refractivity contribution in [2.75, 3.05) is 13.7 Å². The molecular weight excluding hydrogens is 224 g/mol. The molecule has 2 rings (SSSR count). The van der Waals surface area contributed by atoms with Gasteiger partial charge in [0.15, 0.2) is 0 Å². The summed E-state index contributed by atoms with van der Waals surface area (Å²) in [7, 11) is 1.97. The van der Waals surface area contributed by atoms with Crippen LogP contribution in [0.15, 0.2) is 48.7 Å². The molecule has 96 valence electrons. The van der Waals surface area contributed by atoms with Gasteiger partial charge in [-0.2, -0.15) is 0 Å². The van der Waals surface area contributed by atoms with Crippen LogP contribution in [0.3, 0.4) is 0 Å². The van der Waals surface area contributed by atoms with Gasteiger partial charge in [-0.15, -0.1) is 0 Å². The highest BCUT2D eigenvalue weighted by Crippen LogP contribution is 2.09. The van der Waals surface area contributed by atoms with E-state index < -0.39 is 0 Å². The highest BCUT2D eigenvalue weighted by Gasteiger charge is 1.99. The summed E-state index contributed by atoms with van der Waals surface area (Å²) in [6.45, 7) is 2.66. The minimum atomic E-state index is 0.751. The lowest BCUT2D eigenvalue weighted by Gasteiger charge is -2.10. The molecule has 1 heterocycles. The van der Waals surface area contributed by atoms with E-state index in [0.29, 0.717) is 0 Å². The van der Waals surface area contributed by atoms with Gasteiger partial charge in [-0.3, -0.25) is 0 Å². The van der Waals surface area contributed by atoms with Crippen molar-refractivity contribution in [1.29, 1.82) is 0 Å². The summed E-state index contributed by atoms with van der Waals surface area (Å²) in [5.41, 5.74) is 1.32. The SMILES string of the molecule is CNCc1cccn1CCCOc1ccccc1. The van der Waals surface area contributed by atoms with E-state index in [9.17, 15) is 0 Å². The van der Waals surface area contributed by atoms with Crippen molar-refractivity contribution in [3.8, 4) is 5.75 Å². The Morgan fingerprint density at radius 1 is 1.11 bits per heavy atom. The van der Waals surface area contributed by atoms with Crippen molar-refractivity contribution >= 4 is 0 Å². The van der Waals surface area contributed by atoms with Gasteiger partial charge in [0.05, 0.1) is 6.61 Å². The van der Waals surface area contributed by atoms with Gasteiger partial charge in [0, 0.05) is 25.0 Å². The zero-order valence-electron chi connectivity index (χ0n) is 10.8. The van der Waals surface area contributed by atoms with Crippen molar-refractivity contribution in [2.45, 2.75) is 19.5 Å². The molecule has 0 atom stereocenters. The molecule has 0 radical (unpaired) electrons. The zero-order chi connectivity index (χ0) is 12.6. The standard InChI is InChI=1S/C15H20N2O/c1-16-13-14-7-5-10-17(14)11-6-12-18-15-8-3-2-4-9-15/h2-5,7-10,16H,6,11-13H2,1H3. The van der Waals surface area contributed by atoms with Gasteiger partial charge in [0.1, 0.15) is 5.75 Å². The van der Waals surface area contributed by atoms with Crippen molar-refractivity contribution in [3.05, 3.63) is 54.4 Å². The van der Waals surface area contributed by atoms with Gasteiger partial charge < -0.3 is 14.6 Å². The Kier molecular flexibility index (Phi) is 4.85. The third-order valence-corrected chi connectivity index (χ3v) is 2.84. The van der Waals surface area contributed by atoms with Gasteiger partial charge in [0.25, 0.3) is 0 Å². The number of aromatic nitrogens is 1. The Bertz CT molecular complexity index is 451. The Morgan fingerprint density at radius 3 is 2.72 bits per heavy atom. The minimum Gasteiger partial charge on any atom is -0.494 e. The number of para-hydroxylation sites is 1. The average Bonchev–Trinajstić information content (AvgIpc) is 2.84. The first kappa shape index (κ1) is 12.7. The maximum absolute atomic E-state index is 5.68. The lowest BCUT2D eigenvalue weighted by Crippen LogP contribution is -2.12. The molecule has 3 heteroatoms. The van der Waals surface area contributed by atoms with E-state index in [1.54, 1.807) is 0 Å². The van der Waals surface area contributed by atoms with Crippen LogP contribution in [0.1, 0.15) is 12.1 Å². The predicted octanol–water partition coefficient (Wildman–Crippen LogP) is 2.68. The first-order chi connectivity index (χ1) is 8.90. The van der Waals surface area contributed by atoms with Crippen molar-refractivity contribution in [2.24, 2.45) is 0 Å². The number of nitrogens with one attached hydrogen (secondary N) is 1. The van der Waals surface area contributed by atoms with E-state index in [-0.39, 0.29) is 0 Å². The van der Waals surface area contributed by atoms with Gasteiger partial charge in [0.2, 0.25) is 0 Å². The second-order valence-corrected chi connectivity index (χ2v) is 4.24. The molecule has 0 spiro atoms. The first-order valence-corrected chi connectivity index (χ1v) is 6.36. The number of aryl methyl sites for hydroxylation is 1. The second kappa shape index (κ2) is 6.87. The van der Waals surface area contributed by atoms with Crippen molar-refractivity contribution < 1.29 is 4.74 Å². The van der Waals surface area contributed by atoms with Crippen LogP contribution in [-0.2, 0) is 13.1 Å².